The molecule has 2 nitrogen and oxygen atoms in total. The van der Waals surface area contributed by atoms with Crippen LogP contribution in [0.15, 0.2) is 151 Å². The SMILES string of the molecule is [2H]c1c([2H])c([2H])c(-c2ccccc2-c2c3c([2H])c([2H])c([2H])c([2H])c3c(-c3ccc(-n4c(C([2H])([2H])[2H])nc5ccccc54)cc3)c3c([2H])c([2H])c([2H])c([2H])c23)c([2H])c1[2H]. The van der Waals surface area contributed by atoms with E-state index in [4.69, 9.17) is 16.4 Å². The zero-order valence-corrected chi connectivity index (χ0v) is 21.8. The second-order valence-electron chi connectivity index (χ2n) is 9.60. The Labute approximate surface area is 267 Å². The smallest absolute Gasteiger partial charge is 0.111 e. The van der Waals surface area contributed by atoms with Crippen molar-refractivity contribution in [3.8, 4) is 39.1 Å². The number of fused-ring (bicyclic) bond motifs is 3. The number of rotatable bonds is 4. The van der Waals surface area contributed by atoms with E-state index in [0.717, 1.165) is 0 Å². The molecule has 0 N–H and O–H groups in total. The Morgan fingerprint density at radius 1 is 0.548 bits per heavy atom. The van der Waals surface area contributed by atoms with Gasteiger partial charge < -0.3 is 0 Å². The summed E-state index contributed by atoms with van der Waals surface area (Å²) in [7, 11) is 0. The Morgan fingerprint density at radius 2 is 1.12 bits per heavy atom. The van der Waals surface area contributed by atoms with Crippen LogP contribution in [-0.2, 0) is 0 Å². The molecule has 0 radical (unpaired) electrons. The lowest BCUT2D eigenvalue weighted by molar-refractivity contribution is 1.00. The molecule has 198 valence electrons. The van der Waals surface area contributed by atoms with Crippen LogP contribution in [-0.4, -0.2) is 9.55 Å². The summed E-state index contributed by atoms with van der Waals surface area (Å²) < 4.78 is 141. The Hall–Kier alpha value is -5.47. The molecule has 8 aromatic rings. The van der Waals surface area contributed by atoms with E-state index in [1.165, 1.54) is 16.7 Å². The van der Waals surface area contributed by atoms with Crippen molar-refractivity contribution in [1.29, 1.82) is 0 Å². The number of benzene rings is 7. The van der Waals surface area contributed by atoms with Crippen LogP contribution >= 0.6 is 0 Å². The van der Waals surface area contributed by atoms with Crippen molar-refractivity contribution in [1.82, 2.24) is 9.55 Å². The second kappa shape index (κ2) is 9.87. The molecule has 0 aliphatic heterocycles. The van der Waals surface area contributed by atoms with Gasteiger partial charge in [0.2, 0.25) is 0 Å². The minimum Gasteiger partial charge on any atom is -0.297 e. The number of nitrogens with zero attached hydrogens (tertiary/aromatic N) is 2. The van der Waals surface area contributed by atoms with E-state index in [0.29, 0.717) is 16.7 Å². The summed E-state index contributed by atoms with van der Waals surface area (Å²) in [6.45, 7) is -2.60. The molecule has 0 saturated heterocycles. The van der Waals surface area contributed by atoms with E-state index in [2.05, 4.69) is 4.98 Å². The van der Waals surface area contributed by atoms with Crippen molar-refractivity contribution in [2.24, 2.45) is 0 Å². The van der Waals surface area contributed by atoms with Gasteiger partial charge in [-0.3, -0.25) is 4.57 Å². The fourth-order valence-corrected chi connectivity index (χ4v) is 5.55. The van der Waals surface area contributed by atoms with E-state index in [1.54, 1.807) is 60.7 Å². The first-order valence-corrected chi connectivity index (χ1v) is 13.1. The fourth-order valence-electron chi connectivity index (χ4n) is 5.55. The predicted octanol–water partition coefficient (Wildman–Crippen LogP) is 10.6. The van der Waals surface area contributed by atoms with Crippen LogP contribution in [0.2, 0.25) is 0 Å². The van der Waals surface area contributed by atoms with Crippen LogP contribution in [0.25, 0.3) is 71.6 Å². The topological polar surface area (TPSA) is 17.8 Å². The monoisotopic (exact) mass is 552 g/mol. The standard InChI is InChI=1S/C40H28N2/c1-27-41-37-21-11-12-22-38(37)42(27)30-25-23-29(24-26-30)39-33-17-7-9-19-35(33)40(36-20-10-8-18-34(36)39)32-16-6-5-15-31(32)28-13-3-2-4-14-28/h2-26H,1H3/i1D3,2D,3D,4D,7D,8D,9D,10D,13D,14D,17D,18D,19D,20D. The minimum atomic E-state index is -2.60. The van der Waals surface area contributed by atoms with Crippen molar-refractivity contribution < 1.29 is 21.9 Å². The molecule has 42 heavy (non-hydrogen) atoms. The lowest BCUT2D eigenvalue weighted by Gasteiger charge is -2.20. The normalized spacial score (nSPS) is 17.1. The zero-order chi connectivity index (χ0) is 41.9. The molecule has 0 fully saturated rings. The molecule has 2 heteroatoms. The molecule has 0 aliphatic carbocycles. The fraction of sp³-hybridized carbons (Fsp3) is 0.0250. The Morgan fingerprint density at radius 3 is 1.79 bits per heavy atom. The van der Waals surface area contributed by atoms with Crippen LogP contribution in [0.1, 0.15) is 27.8 Å². The summed E-state index contributed by atoms with van der Waals surface area (Å²) in [6, 6.07) is 11.8. The van der Waals surface area contributed by atoms with Gasteiger partial charge in [-0.05, 0) is 86.0 Å². The Kier molecular flexibility index (Phi) is 3.06. The molecular formula is C40H28N2. The number of imidazole rings is 1. The molecular weight excluding hydrogens is 508 g/mol. The Balaban J connectivity index is 1.55. The molecule has 0 bridgehead atoms. The summed E-state index contributed by atoms with van der Waals surface area (Å²) in [5.74, 6) is -0.192. The second-order valence-corrected chi connectivity index (χ2v) is 9.60. The lowest BCUT2D eigenvalue weighted by Crippen LogP contribution is -1.97. The molecule has 0 spiro atoms. The van der Waals surface area contributed by atoms with Crippen LogP contribution in [0, 0.1) is 6.85 Å². The van der Waals surface area contributed by atoms with Gasteiger partial charge in [0, 0.05) is 9.80 Å². The zero-order valence-electron chi connectivity index (χ0n) is 37.8. The summed E-state index contributed by atoms with van der Waals surface area (Å²) in [5.41, 5.74) is 1.57. The van der Waals surface area contributed by atoms with Gasteiger partial charge in [-0.15, -0.1) is 0 Å². The highest BCUT2D eigenvalue weighted by atomic mass is 15.1. The third-order valence-corrected chi connectivity index (χ3v) is 7.32. The first-order chi connectivity index (χ1) is 27.4. The van der Waals surface area contributed by atoms with Gasteiger partial charge in [-0.1, -0.05) is 127 Å². The van der Waals surface area contributed by atoms with Crippen LogP contribution in [0.4, 0.5) is 0 Å². The van der Waals surface area contributed by atoms with Gasteiger partial charge >= 0.3 is 0 Å². The quantitative estimate of drug-likeness (QED) is 0.199. The van der Waals surface area contributed by atoms with Crippen LogP contribution in [0.3, 0.4) is 0 Å². The molecule has 0 saturated carbocycles. The molecule has 0 unspecified atom stereocenters. The van der Waals surface area contributed by atoms with E-state index >= 15 is 0 Å². The van der Waals surface area contributed by atoms with E-state index < -0.39 is 85.4 Å². The minimum absolute atomic E-state index is 0.0473. The van der Waals surface area contributed by atoms with Crippen molar-refractivity contribution in [2.45, 2.75) is 6.85 Å². The summed E-state index contributed by atoms with van der Waals surface area (Å²) in [6.07, 6.45) is 0. The largest absolute Gasteiger partial charge is 0.297 e. The van der Waals surface area contributed by atoms with Gasteiger partial charge in [0.05, 0.1) is 28.9 Å². The lowest BCUT2D eigenvalue weighted by atomic mass is 9.84. The van der Waals surface area contributed by atoms with Gasteiger partial charge in [0.1, 0.15) is 5.82 Å². The molecule has 0 amide bonds. The van der Waals surface area contributed by atoms with Crippen LogP contribution in [0.5, 0.6) is 0 Å². The molecule has 0 aliphatic rings. The van der Waals surface area contributed by atoms with E-state index in [-0.39, 0.29) is 60.8 Å². The first kappa shape index (κ1) is 13.0. The average Bonchev–Trinajstić information content (AvgIpc) is 3.62. The molecule has 7 aromatic carbocycles. The van der Waals surface area contributed by atoms with Crippen molar-refractivity contribution in [2.75, 3.05) is 0 Å². The number of aromatic nitrogens is 2. The van der Waals surface area contributed by atoms with Gasteiger partial charge in [-0.2, -0.15) is 0 Å². The number of hydrogen-bond acceptors (Lipinski definition) is 1. The van der Waals surface area contributed by atoms with Gasteiger partial charge in [-0.25, -0.2) is 4.98 Å². The first-order valence-electron chi connectivity index (χ1n) is 21.1. The van der Waals surface area contributed by atoms with E-state index in [1.807, 2.05) is 0 Å². The highest BCUT2D eigenvalue weighted by Gasteiger charge is 2.19. The highest BCUT2D eigenvalue weighted by molar-refractivity contribution is 6.22. The summed E-state index contributed by atoms with van der Waals surface area (Å²) in [5, 5.41) is -0.461. The van der Waals surface area contributed by atoms with E-state index in [9.17, 15) is 5.48 Å². The van der Waals surface area contributed by atoms with Gasteiger partial charge in [0.15, 0.2) is 0 Å². The maximum absolute atomic E-state index is 9.31. The average molecular weight is 553 g/mol. The number of aryl methyl sites for hydroxylation is 1. The van der Waals surface area contributed by atoms with Gasteiger partial charge in [0.25, 0.3) is 0 Å². The maximum atomic E-state index is 9.31. The highest BCUT2D eigenvalue weighted by Crippen LogP contribution is 2.46. The molecule has 1 heterocycles. The summed E-state index contributed by atoms with van der Waals surface area (Å²) >= 11 is 0. The Bertz CT molecular complexity index is 2970. The molecule has 0 atom stereocenters. The maximum Gasteiger partial charge on any atom is 0.111 e. The third-order valence-electron chi connectivity index (χ3n) is 7.32. The third kappa shape index (κ3) is 3.84. The van der Waals surface area contributed by atoms with Crippen LogP contribution < -0.4 is 0 Å². The summed E-state index contributed by atoms with van der Waals surface area (Å²) in [4.78, 5) is 4.37. The molecule has 1 aromatic heterocycles. The van der Waals surface area contributed by atoms with Crippen molar-refractivity contribution in [3.63, 3.8) is 0 Å². The number of para-hydroxylation sites is 2. The molecule has 8 rings (SSSR count). The van der Waals surface area contributed by atoms with Crippen molar-refractivity contribution in [3.05, 3.63) is 157 Å². The predicted molar refractivity (Wildman–Crippen MR) is 177 cm³/mol. The van der Waals surface area contributed by atoms with Crippen molar-refractivity contribution >= 4 is 32.6 Å². The number of hydrogen-bond donors (Lipinski definition) is 0.